The zero-order chi connectivity index (χ0) is 33.9. The average molecular weight is 644 g/mol. The van der Waals surface area contributed by atoms with Crippen molar-refractivity contribution < 1.29 is 23.6 Å². The first-order chi connectivity index (χ1) is 22.7. The molecule has 47 heavy (non-hydrogen) atoms. The molecule has 0 aliphatic rings. The number of aryl methyl sites for hydroxylation is 1. The molecule has 1 heterocycles. The van der Waals surface area contributed by atoms with Crippen LogP contribution in [0.15, 0.2) is 72.9 Å². The van der Waals surface area contributed by atoms with Crippen molar-refractivity contribution in [1.82, 2.24) is 4.90 Å². The molecular formula is C41H59N2O4+. The van der Waals surface area contributed by atoms with E-state index in [-0.39, 0.29) is 24.5 Å². The number of benzene rings is 2. The van der Waals surface area contributed by atoms with Gasteiger partial charge in [0, 0.05) is 17.7 Å². The van der Waals surface area contributed by atoms with E-state index >= 15 is 0 Å². The fourth-order valence-corrected chi connectivity index (χ4v) is 5.81. The third-order valence-corrected chi connectivity index (χ3v) is 8.65. The highest BCUT2D eigenvalue weighted by Crippen LogP contribution is 2.33. The van der Waals surface area contributed by atoms with E-state index in [9.17, 15) is 9.59 Å². The Bertz CT molecular complexity index is 1350. The van der Waals surface area contributed by atoms with E-state index in [1.165, 1.54) is 75.5 Å². The van der Waals surface area contributed by atoms with Gasteiger partial charge in [0.1, 0.15) is 25.4 Å². The summed E-state index contributed by atoms with van der Waals surface area (Å²) in [6, 6.07) is 20.6. The number of rotatable bonds is 20. The quantitative estimate of drug-likeness (QED) is 0.0908. The lowest BCUT2D eigenvalue weighted by Gasteiger charge is -2.24. The third-order valence-electron chi connectivity index (χ3n) is 8.65. The third kappa shape index (κ3) is 13.2. The minimum Gasteiger partial charge on any atom is -0.493 e. The van der Waals surface area contributed by atoms with E-state index in [1.54, 1.807) is 24.3 Å². The Hall–Kier alpha value is -3.67. The van der Waals surface area contributed by atoms with Crippen LogP contribution in [0.4, 0.5) is 4.79 Å². The SMILES string of the molecule is CCCCCCCCCCCCCCOc1ccc(COC(=O)N(Cc2cccc[n+]2CC)C(=O)c2ccccc2)cc1C(C)(C)C. The van der Waals surface area contributed by atoms with Gasteiger partial charge < -0.3 is 9.47 Å². The van der Waals surface area contributed by atoms with E-state index in [0.29, 0.717) is 12.2 Å². The van der Waals surface area contributed by atoms with Crippen LogP contribution < -0.4 is 9.30 Å². The first kappa shape index (κ1) is 37.8. The summed E-state index contributed by atoms with van der Waals surface area (Å²) in [6.07, 6.45) is 17.1. The van der Waals surface area contributed by atoms with Crippen molar-refractivity contribution in [1.29, 1.82) is 0 Å². The van der Waals surface area contributed by atoms with E-state index in [4.69, 9.17) is 9.47 Å². The monoisotopic (exact) mass is 643 g/mol. The highest BCUT2D eigenvalue weighted by atomic mass is 16.6. The van der Waals surface area contributed by atoms with E-state index in [0.717, 1.165) is 35.5 Å². The summed E-state index contributed by atoms with van der Waals surface area (Å²) in [4.78, 5) is 28.2. The van der Waals surface area contributed by atoms with Gasteiger partial charge in [-0.1, -0.05) is 129 Å². The molecule has 0 saturated heterocycles. The van der Waals surface area contributed by atoms with Gasteiger partial charge in [-0.25, -0.2) is 14.3 Å². The van der Waals surface area contributed by atoms with Gasteiger partial charge >= 0.3 is 6.09 Å². The Kier molecular flexibility index (Phi) is 16.5. The Labute approximate surface area is 284 Å². The lowest BCUT2D eigenvalue weighted by atomic mass is 9.85. The zero-order valence-electron chi connectivity index (χ0n) is 29.8. The highest BCUT2D eigenvalue weighted by molar-refractivity contribution is 6.02. The fourth-order valence-electron chi connectivity index (χ4n) is 5.81. The molecule has 0 atom stereocenters. The lowest BCUT2D eigenvalue weighted by molar-refractivity contribution is -0.701. The summed E-state index contributed by atoms with van der Waals surface area (Å²) in [6.45, 7) is 12.4. The number of carbonyl (C=O) groups is 2. The van der Waals surface area contributed by atoms with Crippen LogP contribution in [-0.2, 0) is 29.8 Å². The topological polar surface area (TPSA) is 59.7 Å². The predicted octanol–water partition coefficient (Wildman–Crippen LogP) is 10.4. The summed E-state index contributed by atoms with van der Waals surface area (Å²) in [5.41, 5.74) is 3.07. The summed E-state index contributed by atoms with van der Waals surface area (Å²) in [5, 5.41) is 0. The second-order valence-electron chi connectivity index (χ2n) is 13.6. The van der Waals surface area contributed by atoms with Crippen molar-refractivity contribution in [2.45, 2.75) is 137 Å². The van der Waals surface area contributed by atoms with Gasteiger partial charge in [-0.15, -0.1) is 0 Å². The number of amides is 2. The fraction of sp³-hybridized carbons (Fsp3) is 0.537. The van der Waals surface area contributed by atoms with Crippen LogP contribution in [0.25, 0.3) is 0 Å². The summed E-state index contributed by atoms with van der Waals surface area (Å²) in [7, 11) is 0. The van der Waals surface area contributed by atoms with Gasteiger partial charge in [0.05, 0.1) is 6.61 Å². The van der Waals surface area contributed by atoms with Crippen molar-refractivity contribution in [2.24, 2.45) is 0 Å². The molecule has 0 radical (unpaired) electrons. The van der Waals surface area contributed by atoms with E-state index in [1.807, 2.05) is 54.1 Å². The number of hydrogen-bond donors (Lipinski definition) is 0. The lowest BCUT2D eigenvalue weighted by Crippen LogP contribution is -2.43. The molecule has 6 heteroatoms. The molecule has 2 aromatic carbocycles. The van der Waals surface area contributed by atoms with Crippen LogP contribution in [0.1, 0.15) is 139 Å². The Morgan fingerprint density at radius 1 is 0.745 bits per heavy atom. The summed E-state index contributed by atoms with van der Waals surface area (Å²) in [5.74, 6) is 0.490. The molecule has 0 fully saturated rings. The second-order valence-corrected chi connectivity index (χ2v) is 13.6. The number of nitrogens with zero attached hydrogens (tertiary/aromatic N) is 2. The molecule has 256 valence electrons. The van der Waals surface area contributed by atoms with Crippen LogP contribution in [0.5, 0.6) is 5.75 Å². The maximum atomic E-state index is 13.5. The molecule has 1 aromatic heterocycles. The van der Waals surface area contributed by atoms with Gasteiger partial charge in [0.2, 0.25) is 5.69 Å². The maximum absolute atomic E-state index is 13.5. The molecule has 2 amide bonds. The minimum absolute atomic E-state index is 0.0576. The smallest absolute Gasteiger partial charge is 0.417 e. The predicted molar refractivity (Wildman–Crippen MR) is 191 cm³/mol. The zero-order valence-corrected chi connectivity index (χ0v) is 29.8. The molecule has 0 bridgehead atoms. The highest BCUT2D eigenvalue weighted by Gasteiger charge is 2.28. The molecule has 0 spiro atoms. The van der Waals surface area contributed by atoms with Crippen LogP contribution in [0.2, 0.25) is 0 Å². The second kappa shape index (κ2) is 20.5. The molecule has 3 rings (SSSR count). The number of unbranched alkanes of at least 4 members (excludes halogenated alkanes) is 11. The normalized spacial score (nSPS) is 11.3. The number of carbonyl (C=O) groups excluding carboxylic acids is 2. The average Bonchev–Trinajstić information content (AvgIpc) is 3.08. The van der Waals surface area contributed by atoms with Gasteiger partial charge in [0.15, 0.2) is 6.20 Å². The molecule has 6 nitrogen and oxygen atoms in total. The first-order valence-electron chi connectivity index (χ1n) is 18.0. The molecule has 0 N–H and O–H groups in total. The van der Waals surface area contributed by atoms with Crippen molar-refractivity contribution in [2.75, 3.05) is 6.61 Å². The Morgan fingerprint density at radius 3 is 1.98 bits per heavy atom. The molecule has 0 aliphatic heterocycles. The molecule has 0 aliphatic carbocycles. The number of aromatic nitrogens is 1. The van der Waals surface area contributed by atoms with Crippen LogP contribution >= 0.6 is 0 Å². The van der Waals surface area contributed by atoms with Gasteiger partial charge in [-0.2, -0.15) is 0 Å². The standard InChI is InChI=1S/C41H59N2O4/c1-6-8-9-10-11-12-13-14-15-16-17-23-30-46-38-28-27-34(31-37(38)41(3,4)5)33-47-40(45)43(39(44)35-24-19-18-20-25-35)32-36-26-21-22-29-42(36)7-2/h18-22,24-29,31H,6-17,23,30,32-33H2,1-5H3/q+1. The minimum atomic E-state index is -0.671. The van der Waals surface area contributed by atoms with Crippen LogP contribution in [0.3, 0.4) is 0 Å². The molecular weight excluding hydrogens is 584 g/mol. The van der Waals surface area contributed by atoms with Crippen molar-refractivity contribution in [3.05, 3.63) is 95.3 Å². The maximum Gasteiger partial charge on any atom is 0.417 e. The van der Waals surface area contributed by atoms with E-state index in [2.05, 4.69) is 33.8 Å². The number of hydrogen-bond acceptors (Lipinski definition) is 4. The van der Waals surface area contributed by atoms with Crippen LogP contribution in [0, 0.1) is 0 Å². The van der Waals surface area contributed by atoms with Gasteiger partial charge in [-0.05, 0) is 54.2 Å². The Balaban J connectivity index is 1.54. The van der Waals surface area contributed by atoms with Crippen LogP contribution in [-0.4, -0.2) is 23.5 Å². The van der Waals surface area contributed by atoms with Crippen molar-refractivity contribution in [3.63, 3.8) is 0 Å². The summed E-state index contributed by atoms with van der Waals surface area (Å²) < 4.78 is 14.1. The largest absolute Gasteiger partial charge is 0.493 e. The number of ether oxygens (including phenoxy) is 2. The molecule has 0 saturated carbocycles. The van der Waals surface area contributed by atoms with Gasteiger partial charge in [0.25, 0.3) is 5.91 Å². The van der Waals surface area contributed by atoms with Crippen molar-refractivity contribution in [3.8, 4) is 5.75 Å². The first-order valence-corrected chi connectivity index (χ1v) is 18.0. The van der Waals surface area contributed by atoms with Gasteiger partial charge in [-0.3, -0.25) is 4.79 Å². The molecule has 0 unspecified atom stereocenters. The Morgan fingerprint density at radius 2 is 1.36 bits per heavy atom. The van der Waals surface area contributed by atoms with E-state index < -0.39 is 6.09 Å². The molecule has 3 aromatic rings. The summed E-state index contributed by atoms with van der Waals surface area (Å²) >= 11 is 0. The number of imide groups is 1. The van der Waals surface area contributed by atoms with Crippen molar-refractivity contribution >= 4 is 12.0 Å². The number of pyridine rings is 1.